The summed E-state index contributed by atoms with van der Waals surface area (Å²) in [7, 11) is 0. The molecular formula is C20H19FN4O3S. The van der Waals surface area contributed by atoms with Gasteiger partial charge in [0.2, 0.25) is 0 Å². The first kappa shape index (κ1) is 20.3. The van der Waals surface area contributed by atoms with Crippen molar-refractivity contribution in [3.05, 3.63) is 76.9 Å². The molecule has 0 unspecified atom stereocenters. The van der Waals surface area contributed by atoms with Crippen molar-refractivity contribution in [1.82, 2.24) is 16.0 Å². The summed E-state index contributed by atoms with van der Waals surface area (Å²) in [6.45, 7) is 3.95. The number of aromatic nitrogens is 1. The summed E-state index contributed by atoms with van der Waals surface area (Å²) >= 11 is 5.10. The predicted molar refractivity (Wildman–Crippen MR) is 110 cm³/mol. The minimum absolute atomic E-state index is 0.163. The van der Waals surface area contributed by atoms with Gasteiger partial charge in [-0.3, -0.25) is 15.6 Å². The van der Waals surface area contributed by atoms with Crippen LogP contribution in [0.4, 0.5) is 10.1 Å². The number of amides is 1. The van der Waals surface area contributed by atoms with Gasteiger partial charge < -0.3 is 14.6 Å². The number of halogens is 1. The topological polar surface area (TPSA) is 88.4 Å². The van der Waals surface area contributed by atoms with Crippen LogP contribution in [0.15, 0.2) is 53.1 Å². The number of ether oxygens (including phenoxy) is 1. The Bertz CT molecular complexity index is 1000. The van der Waals surface area contributed by atoms with Crippen LogP contribution in [-0.4, -0.2) is 16.2 Å². The Balaban J connectivity index is 1.53. The van der Waals surface area contributed by atoms with Gasteiger partial charge in [-0.25, -0.2) is 4.39 Å². The maximum Gasteiger partial charge on any atom is 0.269 e. The third kappa shape index (κ3) is 5.52. The van der Waals surface area contributed by atoms with E-state index in [0.717, 1.165) is 11.3 Å². The maximum absolute atomic E-state index is 12.9. The Labute approximate surface area is 172 Å². The fourth-order valence-corrected chi connectivity index (χ4v) is 2.64. The number of anilines is 1. The van der Waals surface area contributed by atoms with E-state index in [2.05, 4.69) is 21.3 Å². The van der Waals surface area contributed by atoms with Gasteiger partial charge in [0.1, 0.15) is 23.9 Å². The number of aryl methyl sites for hydroxylation is 2. The lowest BCUT2D eigenvalue weighted by molar-refractivity contribution is 0.0943. The van der Waals surface area contributed by atoms with Crippen LogP contribution in [0.25, 0.3) is 0 Å². The summed E-state index contributed by atoms with van der Waals surface area (Å²) in [5.41, 5.74) is 7.71. The van der Waals surface area contributed by atoms with E-state index < -0.39 is 5.91 Å². The normalized spacial score (nSPS) is 10.3. The molecule has 0 bridgehead atoms. The fraction of sp³-hybridized carbons (Fsp3) is 0.150. The lowest BCUT2D eigenvalue weighted by atomic mass is 10.2. The van der Waals surface area contributed by atoms with Crippen molar-refractivity contribution >= 4 is 28.9 Å². The van der Waals surface area contributed by atoms with Crippen molar-refractivity contribution in [1.29, 1.82) is 0 Å². The monoisotopic (exact) mass is 414 g/mol. The quantitative estimate of drug-likeness (QED) is 0.434. The molecule has 0 atom stereocenters. The van der Waals surface area contributed by atoms with Gasteiger partial charge in [0.25, 0.3) is 5.91 Å². The Kier molecular flexibility index (Phi) is 6.40. The molecule has 0 aliphatic rings. The Morgan fingerprint density at radius 2 is 1.93 bits per heavy atom. The van der Waals surface area contributed by atoms with Crippen molar-refractivity contribution < 1.29 is 18.4 Å². The highest BCUT2D eigenvalue weighted by atomic mass is 32.1. The van der Waals surface area contributed by atoms with E-state index in [-0.39, 0.29) is 17.5 Å². The Morgan fingerprint density at radius 1 is 1.17 bits per heavy atom. The van der Waals surface area contributed by atoms with E-state index in [1.807, 2.05) is 13.8 Å². The average Bonchev–Trinajstić information content (AvgIpc) is 3.04. The van der Waals surface area contributed by atoms with Crippen LogP contribution in [0.5, 0.6) is 5.75 Å². The van der Waals surface area contributed by atoms with Crippen molar-refractivity contribution in [3.63, 3.8) is 0 Å². The minimum atomic E-state index is -0.393. The Morgan fingerprint density at radius 3 is 2.62 bits per heavy atom. The maximum atomic E-state index is 12.9. The highest BCUT2D eigenvalue weighted by Gasteiger charge is 2.11. The zero-order chi connectivity index (χ0) is 20.8. The molecule has 3 aromatic rings. The molecule has 0 fully saturated rings. The standard InChI is InChI=1S/C20H19FN4O3S/c1-12-18(13(2)28-25-12)11-27-17-5-3-4-14(10-17)19(26)23-24-20(29)22-16-8-6-15(21)7-9-16/h3-10H,11H2,1-2H3,(H,23,26)(H2,22,24,29). The van der Waals surface area contributed by atoms with Crippen LogP contribution >= 0.6 is 12.2 Å². The van der Waals surface area contributed by atoms with Gasteiger partial charge in [-0.05, 0) is 68.5 Å². The molecule has 3 rings (SSSR count). The molecular weight excluding hydrogens is 395 g/mol. The SMILES string of the molecule is Cc1noc(C)c1COc1cccc(C(=O)NNC(=S)Nc2ccc(F)cc2)c1. The van der Waals surface area contributed by atoms with E-state index in [0.29, 0.717) is 22.8 Å². The first-order valence-electron chi connectivity index (χ1n) is 8.70. The van der Waals surface area contributed by atoms with Crippen molar-refractivity contribution in [3.8, 4) is 5.75 Å². The average molecular weight is 414 g/mol. The zero-order valence-corrected chi connectivity index (χ0v) is 16.6. The summed E-state index contributed by atoms with van der Waals surface area (Å²) in [6, 6.07) is 12.4. The second kappa shape index (κ2) is 9.16. The molecule has 1 amide bonds. The van der Waals surface area contributed by atoms with Gasteiger partial charge in [-0.1, -0.05) is 11.2 Å². The Hall–Kier alpha value is -3.46. The number of benzene rings is 2. The summed E-state index contributed by atoms with van der Waals surface area (Å²) < 4.78 is 23.8. The molecule has 9 heteroatoms. The smallest absolute Gasteiger partial charge is 0.269 e. The number of thiocarbonyl (C=S) groups is 1. The third-order valence-corrected chi connectivity index (χ3v) is 4.26. The van der Waals surface area contributed by atoms with Gasteiger partial charge in [-0.15, -0.1) is 0 Å². The molecule has 0 aliphatic carbocycles. The first-order chi connectivity index (χ1) is 13.9. The first-order valence-corrected chi connectivity index (χ1v) is 9.10. The van der Waals surface area contributed by atoms with Crippen molar-refractivity contribution in [2.24, 2.45) is 0 Å². The van der Waals surface area contributed by atoms with Crippen LogP contribution in [-0.2, 0) is 6.61 Å². The molecule has 0 spiro atoms. The van der Waals surface area contributed by atoms with Crippen molar-refractivity contribution in [2.45, 2.75) is 20.5 Å². The lowest BCUT2D eigenvalue weighted by Gasteiger charge is -2.12. The number of hydrazine groups is 1. The van der Waals surface area contributed by atoms with E-state index in [1.165, 1.54) is 24.3 Å². The van der Waals surface area contributed by atoms with Gasteiger partial charge in [0, 0.05) is 11.3 Å². The fourth-order valence-electron chi connectivity index (χ4n) is 2.47. The summed E-state index contributed by atoms with van der Waals surface area (Å²) in [5, 5.41) is 6.88. The number of hydrogen-bond acceptors (Lipinski definition) is 5. The van der Waals surface area contributed by atoms with Crippen LogP contribution in [0.2, 0.25) is 0 Å². The second-order valence-electron chi connectivity index (χ2n) is 6.16. The molecule has 0 aliphatic heterocycles. The molecule has 7 nitrogen and oxygen atoms in total. The predicted octanol–water partition coefficient (Wildman–Crippen LogP) is 3.64. The van der Waals surface area contributed by atoms with E-state index >= 15 is 0 Å². The van der Waals surface area contributed by atoms with Gasteiger partial charge >= 0.3 is 0 Å². The lowest BCUT2D eigenvalue weighted by Crippen LogP contribution is -2.43. The molecule has 0 saturated carbocycles. The van der Waals surface area contributed by atoms with Crippen LogP contribution in [0.1, 0.15) is 27.4 Å². The number of hydrogen-bond donors (Lipinski definition) is 3. The largest absolute Gasteiger partial charge is 0.489 e. The van der Waals surface area contributed by atoms with Crippen molar-refractivity contribution in [2.75, 3.05) is 5.32 Å². The third-order valence-electron chi connectivity index (χ3n) is 4.05. The highest BCUT2D eigenvalue weighted by molar-refractivity contribution is 7.80. The zero-order valence-electron chi connectivity index (χ0n) is 15.8. The summed E-state index contributed by atoms with van der Waals surface area (Å²) in [4.78, 5) is 12.3. The van der Waals surface area contributed by atoms with Gasteiger partial charge in [0.15, 0.2) is 5.11 Å². The molecule has 29 heavy (non-hydrogen) atoms. The summed E-state index contributed by atoms with van der Waals surface area (Å²) in [5.74, 6) is 0.489. The molecule has 0 radical (unpaired) electrons. The van der Waals surface area contributed by atoms with E-state index in [1.54, 1.807) is 24.3 Å². The highest BCUT2D eigenvalue weighted by Crippen LogP contribution is 2.18. The molecule has 150 valence electrons. The number of nitrogens with one attached hydrogen (secondary N) is 3. The van der Waals surface area contributed by atoms with Crippen LogP contribution in [0, 0.1) is 19.7 Å². The number of carbonyl (C=O) groups excluding carboxylic acids is 1. The molecule has 1 heterocycles. The molecule has 3 N–H and O–H groups in total. The van der Waals surface area contributed by atoms with E-state index in [4.69, 9.17) is 21.5 Å². The van der Waals surface area contributed by atoms with Gasteiger partial charge in [-0.2, -0.15) is 0 Å². The van der Waals surface area contributed by atoms with Crippen LogP contribution < -0.4 is 20.9 Å². The molecule has 0 saturated heterocycles. The van der Waals surface area contributed by atoms with E-state index in [9.17, 15) is 9.18 Å². The number of rotatable bonds is 5. The van der Waals surface area contributed by atoms with Crippen LogP contribution in [0.3, 0.4) is 0 Å². The van der Waals surface area contributed by atoms with Gasteiger partial charge in [0.05, 0.1) is 11.3 Å². The number of carbonyl (C=O) groups is 1. The molecule has 1 aromatic heterocycles. The summed E-state index contributed by atoms with van der Waals surface area (Å²) in [6.07, 6.45) is 0. The second-order valence-corrected chi connectivity index (χ2v) is 6.57. The minimum Gasteiger partial charge on any atom is -0.489 e. The number of nitrogens with zero attached hydrogens (tertiary/aromatic N) is 1. The molecule has 2 aromatic carbocycles.